The molecule has 48 valence electrons. The highest BCUT2D eigenvalue weighted by Gasteiger charge is 2.01. The Morgan fingerprint density at radius 2 is 2.22 bits per heavy atom. The molecule has 1 aromatic rings. The van der Waals surface area contributed by atoms with Crippen LogP contribution in [0.5, 0.6) is 0 Å². The fraction of sp³-hybridized carbons (Fsp3) is 0.286. The van der Waals surface area contributed by atoms with Gasteiger partial charge in [0, 0.05) is 5.56 Å². The van der Waals surface area contributed by atoms with E-state index in [1.54, 1.807) is 6.26 Å². The van der Waals surface area contributed by atoms with Crippen LogP contribution in [0.2, 0.25) is 0 Å². The van der Waals surface area contributed by atoms with E-state index in [-0.39, 0.29) is 0 Å². The molecule has 0 N–H and O–H groups in total. The van der Waals surface area contributed by atoms with Gasteiger partial charge in [0.1, 0.15) is 11.4 Å². The Labute approximate surface area is 54.2 Å². The van der Waals surface area contributed by atoms with Gasteiger partial charge in [-0.15, -0.1) is 0 Å². The van der Waals surface area contributed by atoms with Gasteiger partial charge in [-0.05, 0) is 20.6 Å². The molecule has 1 rings (SSSR count). The minimum atomic E-state index is 0.836. The average Bonchev–Trinajstić information content (AvgIpc) is 2.12. The number of furan rings is 1. The molecular weight excluding hydrogens is 114 g/mol. The van der Waals surface area contributed by atoms with Crippen molar-refractivity contribution in [1.82, 2.24) is 0 Å². The first-order chi connectivity index (χ1) is 4.25. The van der Waals surface area contributed by atoms with Crippen molar-refractivity contribution < 1.29 is 4.42 Å². The van der Waals surface area contributed by atoms with E-state index < -0.39 is 0 Å². The topological polar surface area (TPSA) is 25.5 Å². The fourth-order valence-electron chi connectivity index (χ4n) is 0.802. The number of nitrogens with zero attached hydrogens (tertiary/aromatic N) is 1. The highest BCUT2D eigenvalue weighted by atomic mass is 16.3. The Hall–Kier alpha value is -1.05. The molecule has 0 aromatic carbocycles. The van der Waals surface area contributed by atoms with Crippen molar-refractivity contribution >= 4 is 12.4 Å². The zero-order valence-corrected chi connectivity index (χ0v) is 5.64. The van der Waals surface area contributed by atoms with Crippen molar-refractivity contribution in [3.05, 3.63) is 17.6 Å². The predicted molar refractivity (Wildman–Crippen MR) is 37.4 cm³/mol. The first-order valence-corrected chi connectivity index (χ1v) is 2.77. The smallest absolute Gasteiger partial charge is 0.126 e. The van der Waals surface area contributed by atoms with Crippen LogP contribution in [0.15, 0.2) is 15.7 Å². The van der Waals surface area contributed by atoms with E-state index in [9.17, 15) is 0 Å². The van der Waals surface area contributed by atoms with E-state index in [2.05, 4.69) is 11.7 Å². The van der Waals surface area contributed by atoms with E-state index in [0.29, 0.717) is 0 Å². The zero-order chi connectivity index (χ0) is 6.85. The summed E-state index contributed by atoms with van der Waals surface area (Å²) in [7, 11) is 0. The lowest BCUT2D eigenvalue weighted by Crippen LogP contribution is -1.64. The molecule has 0 atom stereocenters. The molecule has 2 nitrogen and oxygen atoms in total. The minimum Gasteiger partial charge on any atom is -0.467 e. The number of aliphatic imine (C=N–C) groups is 1. The number of hydrogen-bond donors (Lipinski definition) is 0. The van der Waals surface area contributed by atoms with Gasteiger partial charge in [-0.25, -0.2) is 0 Å². The molecule has 0 saturated carbocycles. The molecule has 0 aliphatic rings. The van der Waals surface area contributed by atoms with E-state index in [1.807, 2.05) is 13.8 Å². The van der Waals surface area contributed by atoms with Gasteiger partial charge >= 0.3 is 0 Å². The Morgan fingerprint density at radius 3 is 2.44 bits per heavy atom. The van der Waals surface area contributed by atoms with Crippen LogP contribution in [0, 0.1) is 13.8 Å². The zero-order valence-electron chi connectivity index (χ0n) is 5.64. The quantitative estimate of drug-likeness (QED) is 0.526. The van der Waals surface area contributed by atoms with Crippen molar-refractivity contribution in [2.75, 3.05) is 0 Å². The molecule has 0 unspecified atom stereocenters. The van der Waals surface area contributed by atoms with Crippen LogP contribution >= 0.6 is 0 Å². The number of hydrogen-bond acceptors (Lipinski definition) is 2. The Morgan fingerprint density at radius 1 is 1.56 bits per heavy atom. The van der Waals surface area contributed by atoms with E-state index in [0.717, 1.165) is 17.0 Å². The van der Waals surface area contributed by atoms with Crippen LogP contribution in [0.4, 0.5) is 5.69 Å². The summed E-state index contributed by atoms with van der Waals surface area (Å²) in [6.45, 7) is 7.23. The molecule has 0 fully saturated rings. The Kier molecular flexibility index (Phi) is 1.39. The molecule has 0 saturated heterocycles. The van der Waals surface area contributed by atoms with Crippen molar-refractivity contribution in [1.29, 1.82) is 0 Å². The lowest BCUT2D eigenvalue weighted by molar-refractivity contribution is 0.533. The average molecular weight is 123 g/mol. The van der Waals surface area contributed by atoms with Crippen molar-refractivity contribution in [2.45, 2.75) is 13.8 Å². The highest BCUT2D eigenvalue weighted by Crippen LogP contribution is 2.23. The maximum absolute atomic E-state index is 5.05. The van der Waals surface area contributed by atoms with Crippen molar-refractivity contribution in [2.24, 2.45) is 4.99 Å². The fourth-order valence-corrected chi connectivity index (χ4v) is 0.802. The van der Waals surface area contributed by atoms with Crippen LogP contribution in [0.25, 0.3) is 0 Å². The van der Waals surface area contributed by atoms with Gasteiger partial charge in [0.25, 0.3) is 0 Å². The lowest BCUT2D eigenvalue weighted by atomic mass is 10.3. The van der Waals surface area contributed by atoms with E-state index in [4.69, 9.17) is 4.42 Å². The second-order valence-electron chi connectivity index (χ2n) is 1.98. The number of aryl methyl sites for hydroxylation is 2. The van der Waals surface area contributed by atoms with Gasteiger partial charge in [0.15, 0.2) is 0 Å². The third-order valence-electron chi connectivity index (χ3n) is 1.28. The van der Waals surface area contributed by atoms with Gasteiger partial charge in [0.2, 0.25) is 0 Å². The van der Waals surface area contributed by atoms with Crippen molar-refractivity contribution in [3.63, 3.8) is 0 Å². The largest absolute Gasteiger partial charge is 0.467 e. The molecule has 0 radical (unpaired) electrons. The maximum Gasteiger partial charge on any atom is 0.126 e. The second-order valence-corrected chi connectivity index (χ2v) is 1.98. The molecule has 0 spiro atoms. The van der Waals surface area contributed by atoms with Gasteiger partial charge < -0.3 is 4.42 Å². The molecule has 0 amide bonds. The molecule has 1 aromatic heterocycles. The Balaban J connectivity index is 3.22. The molecule has 9 heavy (non-hydrogen) atoms. The Bertz CT molecular complexity index is 205. The van der Waals surface area contributed by atoms with Gasteiger partial charge in [0.05, 0.1) is 6.26 Å². The summed E-state index contributed by atoms with van der Waals surface area (Å²) in [4.78, 5) is 3.79. The monoisotopic (exact) mass is 123 g/mol. The summed E-state index contributed by atoms with van der Waals surface area (Å²) < 4.78 is 5.05. The molecule has 0 bridgehead atoms. The van der Waals surface area contributed by atoms with Gasteiger partial charge in [-0.3, -0.25) is 4.99 Å². The maximum atomic E-state index is 5.05. The first-order valence-electron chi connectivity index (χ1n) is 2.77. The van der Waals surface area contributed by atoms with Crippen LogP contribution in [-0.4, -0.2) is 6.72 Å². The first kappa shape index (κ1) is 6.08. The summed E-state index contributed by atoms with van der Waals surface area (Å²) in [5.41, 5.74) is 1.91. The minimum absolute atomic E-state index is 0.836. The standard InChI is InChI=1S/C7H9NO/c1-5-4-9-6(2)7(5)8-3/h4H,3H2,1-2H3. The van der Waals surface area contributed by atoms with Gasteiger partial charge in [-0.1, -0.05) is 0 Å². The summed E-state index contributed by atoms with van der Waals surface area (Å²) in [6, 6.07) is 0. The molecule has 0 aliphatic carbocycles. The molecular formula is C7H9NO. The molecule has 1 heterocycles. The SMILES string of the molecule is C=Nc1c(C)coc1C. The third-order valence-corrected chi connectivity index (χ3v) is 1.28. The summed E-state index contributed by atoms with van der Waals surface area (Å²) in [5.74, 6) is 0.836. The summed E-state index contributed by atoms with van der Waals surface area (Å²) in [6.07, 6.45) is 1.68. The second kappa shape index (κ2) is 2.05. The normalized spacial score (nSPS) is 9.56. The molecule has 2 heteroatoms. The van der Waals surface area contributed by atoms with E-state index in [1.165, 1.54) is 0 Å². The number of rotatable bonds is 1. The predicted octanol–water partition coefficient (Wildman–Crippen LogP) is 2.23. The lowest BCUT2D eigenvalue weighted by Gasteiger charge is -1.86. The third kappa shape index (κ3) is 0.875. The molecule has 0 aliphatic heterocycles. The van der Waals surface area contributed by atoms with Crippen LogP contribution < -0.4 is 0 Å². The van der Waals surface area contributed by atoms with E-state index >= 15 is 0 Å². The van der Waals surface area contributed by atoms with Crippen LogP contribution in [0.1, 0.15) is 11.3 Å². The van der Waals surface area contributed by atoms with Crippen LogP contribution in [0.3, 0.4) is 0 Å². The highest BCUT2D eigenvalue weighted by molar-refractivity contribution is 5.52. The summed E-state index contributed by atoms with van der Waals surface area (Å²) in [5, 5.41) is 0. The van der Waals surface area contributed by atoms with Crippen molar-refractivity contribution in [3.8, 4) is 0 Å². The summed E-state index contributed by atoms with van der Waals surface area (Å²) >= 11 is 0. The van der Waals surface area contributed by atoms with Gasteiger partial charge in [-0.2, -0.15) is 0 Å². The van der Waals surface area contributed by atoms with Crippen LogP contribution in [-0.2, 0) is 0 Å².